The molecule has 0 aliphatic heterocycles. The van der Waals surface area contributed by atoms with Crippen molar-refractivity contribution in [1.29, 1.82) is 0 Å². The Bertz CT molecular complexity index is 603. The number of carbonyl (C=O) groups is 1. The van der Waals surface area contributed by atoms with Crippen molar-refractivity contribution in [2.75, 3.05) is 12.5 Å². The number of benzene rings is 1. The summed E-state index contributed by atoms with van der Waals surface area (Å²) in [6.45, 7) is 0. The first-order valence-electron chi connectivity index (χ1n) is 5.43. The maximum Gasteiger partial charge on any atom is 0.310 e. The van der Waals surface area contributed by atoms with Crippen molar-refractivity contribution in [3.8, 4) is 5.75 Å². The van der Waals surface area contributed by atoms with Crippen LogP contribution in [0.3, 0.4) is 0 Å². The number of methoxy groups -OCH3 is 1. The van der Waals surface area contributed by atoms with E-state index in [0.29, 0.717) is 5.02 Å². The van der Waals surface area contributed by atoms with E-state index in [2.05, 4.69) is 5.43 Å². The van der Waals surface area contributed by atoms with E-state index < -0.39 is 5.91 Å². The predicted octanol–water partition coefficient (Wildman–Crippen LogP) is 2.67. The SMILES string of the molecule is COc1c(Cl)ccc(Cl)c1C(=O)N[n+]1ccccc1. The number of nitrogens with one attached hydrogen (secondary N) is 1. The van der Waals surface area contributed by atoms with Crippen molar-refractivity contribution in [3.63, 3.8) is 0 Å². The largest absolute Gasteiger partial charge is 0.494 e. The molecule has 1 heterocycles. The van der Waals surface area contributed by atoms with Crippen LogP contribution < -0.4 is 14.8 Å². The Labute approximate surface area is 120 Å². The Hall–Kier alpha value is -1.78. The molecule has 0 aliphatic carbocycles. The molecule has 1 N–H and O–H groups in total. The van der Waals surface area contributed by atoms with E-state index in [-0.39, 0.29) is 16.3 Å². The number of aromatic nitrogens is 1. The molecule has 0 atom stereocenters. The summed E-state index contributed by atoms with van der Waals surface area (Å²) in [6.07, 6.45) is 3.39. The Morgan fingerprint density at radius 1 is 1.16 bits per heavy atom. The number of hydrogen-bond donors (Lipinski definition) is 1. The van der Waals surface area contributed by atoms with Crippen LogP contribution in [0.5, 0.6) is 5.75 Å². The topological polar surface area (TPSA) is 42.2 Å². The smallest absolute Gasteiger partial charge is 0.310 e. The maximum absolute atomic E-state index is 12.2. The van der Waals surface area contributed by atoms with Crippen molar-refractivity contribution in [2.24, 2.45) is 0 Å². The fourth-order valence-electron chi connectivity index (χ4n) is 1.59. The second-order valence-corrected chi connectivity index (χ2v) is 4.48. The van der Waals surface area contributed by atoms with E-state index in [1.54, 1.807) is 36.7 Å². The minimum absolute atomic E-state index is 0.202. The van der Waals surface area contributed by atoms with Gasteiger partial charge >= 0.3 is 5.91 Å². The van der Waals surface area contributed by atoms with E-state index in [0.717, 1.165) is 0 Å². The number of halogens is 2. The van der Waals surface area contributed by atoms with Gasteiger partial charge in [0.15, 0.2) is 18.1 Å². The highest BCUT2D eigenvalue weighted by atomic mass is 35.5. The van der Waals surface area contributed by atoms with Crippen LogP contribution in [0.15, 0.2) is 42.7 Å². The second kappa shape index (κ2) is 5.91. The molecule has 0 spiro atoms. The molecule has 0 unspecified atom stereocenters. The summed E-state index contributed by atoms with van der Waals surface area (Å²) in [4.78, 5) is 12.2. The van der Waals surface area contributed by atoms with E-state index in [4.69, 9.17) is 27.9 Å². The van der Waals surface area contributed by atoms with Gasteiger partial charge in [-0.2, -0.15) is 0 Å². The van der Waals surface area contributed by atoms with Crippen LogP contribution in [0, 0.1) is 0 Å². The van der Waals surface area contributed by atoms with Gasteiger partial charge in [-0.3, -0.25) is 4.79 Å². The summed E-state index contributed by atoms with van der Waals surface area (Å²) < 4.78 is 6.64. The molecule has 19 heavy (non-hydrogen) atoms. The molecule has 0 radical (unpaired) electrons. The van der Waals surface area contributed by atoms with Crippen molar-refractivity contribution in [1.82, 2.24) is 0 Å². The Morgan fingerprint density at radius 2 is 1.79 bits per heavy atom. The first kappa shape index (κ1) is 13.6. The molecule has 6 heteroatoms. The van der Waals surface area contributed by atoms with Crippen LogP contribution in [0.25, 0.3) is 0 Å². The number of ether oxygens (including phenoxy) is 1. The summed E-state index contributed by atoms with van der Waals surface area (Å²) >= 11 is 12.0. The zero-order valence-corrected chi connectivity index (χ0v) is 11.6. The number of pyridine rings is 1. The fourth-order valence-corrected chi connectivity index (χ4v) is 2.06. The average Bonchev–Trinajstić information content (AvgIpc) is 2.42. The molecular formula is C13H11Cl2N2O2+. The second-order valence-electron chi connectivity index (χ2n) is 3.66. The van der Waals surface area contributed by atoms with Crippen molar-refractivity contribution >= 4 is 29.1 Å². The van der Waals surface area contributed by atoms with Crippen LogP contribution in [-0.2, 0) is 0 Å². The lowest BCUT2D eigenvalue weighted by Gasteiger charge is -2.10. The molecule has 1 aromatic heterocycles. The lowest BCUT2D eigenvalue weighted by Crippen LogP contribution is -2.47. The van der Waals surface area contributed by atoms with Gasteiger partial charge in [-0.05, 0) is 12.1 Å². The number of hydrogen-bond acceptors (Lipinski definition) is 2. The highest BCUT2D eigenvalue weighted by Crippen LogP contribution is 2.33. The minimum atomic E-state index is -0.402. The minimum Gasteiger partial charge on any atom is -0.494 e. The molecule has 2 aromatic rings. The van der Waals surface area contributed by atoms with Gasteiger partial charge in [0.25, 0.3) is 0 Å². The van der Waals surface area contributed by atoms with Crippen molar-refractivity contribution in [2.45, 2.75) is 0 Å². The summed E-state index contributed by atoms with van der Waals surface area (Å²) in [5, 5.41) is 0.602. The van der Waals surface area contributed by atoms with Crippen LogP contribution in [0.1, 0.15) is 10.4 Å². The van der Waals surface area contributed by atoms with E-state index >= 15 is 0 Å². The third-order valence-corrected chi connectivity index (χ3v) is 3.05. The predicted molar refractivity (Wildman–Crippen MR) is 73.3 cm³/mol. The lowest BCUT2D eigenvalue weighted by molar-refractivity contribution is -0.641. The van der Waals surface area contributed by atoms with Gasteiger partial charge in [0.1, 0.15) is 5.56 Å². The molecule has 1 aromatic carbocycles. The average molecular weight is 298 g/mol. The fraction of sp³-hybridized carbons (Fsp3) is 0.0769. The first-order chi connectivity index (χ1) is 9.13. The third kappa shape index (κ3) is 2.97. The van der Waals surface area contributed by atoms with Gasteiger partial charge in [0.05, 0.1) is 17.2 Å². The Kier molecular flexibility index (Phi) is 4.24. The molecule has 0 saturated heterocycles. The molecule has 98 valence electrons. The molecule has 0 aliphatic rings. The molecular weight excluding hydrogens is 287 g/mol. The van der Waals surface area contributed by atoms with Crippen LogP contribution in [-0.4, -0.2) is 13.0 Å². The van der Waals surface area contributed by atoms with Crippen molar-refractivity contribution < 1.29 is 14.2 Å². The monoisotopic (exact) mass is 297 g/mol. The van der Waals surface area contributed by atoms with Crippen LogP contribution in [0.4, 0.5) is 0 Å². The standard InChI is InChI=1S/C13H10Cl2N2O2/c1-19-12-10(15)6-5-9(14)11(12)13(18)16-17-7-3-2-4-8-17/h2-8H,1H3/p+1. The quantitative estimate of drug-likeness (QED) is 0.885. The molecule has 4 nitrogen and oxygen atoms in total. The lowest BCUT2D eigenvalue weighted by atomic mass is 10.2. The van der Waals surface area contributed by atoms with Crippen LogP contribution >= 0.6 is 23.2 Å². The molecule has 2 rings (SSSR count). The third-order valence-electron chi connectivity index (χ3n) is 2.44. The number of amides is 1. The first-order valence-corrected chi connectivity index (χ1v) is 6.18. The molecule has 0 fully saturated rings. The van der Waals surface area contributed by atoms with Gasteiger partial charge < -0.3 is 4.74 Å². The zero-order chi connectivity index (χ0) is 13.8. The van der Waals surface area contributed by atoms with E-state index in [9.17, 15) is 4.79 Å². The number of rotatable bonds is 3. The number of nitrogens with zero attached hydrogens (tertiary/aromatic N) is 1. The molecule has 0 bridgehead atoms. The summed E-state index contributed by atoms with van der Waals surface area (Å²) in [5.74, 6) is -0.149. The highest BCUT2D eigenvalue weighted by Gasteiger charge is 2.21. The van der Waals surface area contributed by atoms with Gasteiger partial charge in [0, 0.05) is 12.1 Å². The normalized spacial score (nSPS) is 10.1. The van der Waals surface area contributed by atoms with E-state index in [1.165, 1.54) is 11.8 Å². The van der Waals surface area contributed by atoms with E-state index in [1.807, 2.05) is 6.07 Å². The van der Waals surface area contributed by atoms with Gasteiger partial charge in [-0.15, -0.1) is 5.43 Å². The summed E-state index contributed by atoms with van der Waals surface area (Å²) in [7, 11) is 1.43. The van der Waals surface area contributed by atoms with Gasteiger partial charge in [-0.1, -0.05) is 33.9 Å². The number of carbonyl (C=O) groups excluding carboxylic acids is 1. The van der Waals surface area contributed by atoms with Gasteiger partial charge in [0.2, 0.25) is 0 Å². The zero-order valence-electron chi connectivity index (χ0n) is 10.1. The summed E-state index contributed by atoms with van der Waals surface area (Å²) in [6, 6.07) is 8.55. The summed E-state index contributed by atoms with van der Waals surface area (Å²) in [5.41, 5.74) is 2.86. The van der Waals surface area contributed by atoms with Gasteiger partial charge in [-0.25, -0.2) is 0 Å². The highest BCUT2D eigenvalue weighted by molar-refractivity contribution is 6.37. The van der Waals surface area contributed by atoms with Crippen LogP contribution in [0.2, 0.25) is 10.0 Å². The Morgan fingerprint density at radius 3 is 2.42 bits per heavy atom. The molecule has 0 saturated carbocycles. The maximum atomic E-state index is 12.2. The molecule has 1 amide bonds. The Balaban J connectivity index is 2.36. The van der Waals surface area contributed by atoms with Crippen molar-refractivity contribution in [3.05, 3.63) is 58.3 Å².